The van der Waals surface area contributed by atoms with Crippen LogP contribution in [0, 0.1) is 132 Å². The zero-order valence-electron chi connectivity index (χ0n) is 93.4. The van der Waals surface area contributed by atoms with Crippen LogP contribution in [0.4, 0.5) is 29.7 Å². The van der Waals surface area contributed by atoms with Gasteiger partial charge in [0.25, 0.3) is 0 Å². The van der Waals surface area contributed by atoms with Gasteiger partial charge in [0.2, 0.25) is 29.7 Å². The van der Waals surface area contributed by atoms with Crippen molar-refractivity contribution >= 4 is 84.9 Å². The van der Waals surface area contributed by atoms with Gasteiger partial charge in [-0.2, -0.15) is 0 Å². The molecule has 0 saturated heterocycles. The summed E-state index contributed by atoms with van der Waals surface area (Å²) in [4.78, 5) is 25.8. The molecule has 5 aliphatic carbocycles. The molecule has 10 aromatic carbocycles. The minimum atomic E-state index is -0.0535. The van der Waals surface area contributed by atoms with E-state index in [0.717, 1.165) is 88.0 Å². The van der Waals surface area contributed by atoms with Crippen LogP contribution >= 0.6 is 0 Å². The highest BCUT2D eigenvalue weighted by Gasteiger charge is 2.52. The summed E-state index contributed by atoms with van der Waals surface area (Å²) in [6.45, 7) is 78.7. The van der Waals surface area contributed by atoms with Crippen LogP contribution in [-0.2, 0) is 0 Å². The van der Waals surface area contributed by atoms with Crippen molar-refractivity contribution in [1.82, 2.24) is 47.8 Å². The lowest BCUT2D eigenvalue weighted by Gasteiger charge is -2.57. The van der Waals surface area contributed by atoms with Crippen LogP contribution in [0.2, 0.25) is 0 Å². The number of nitrogens with zero attached hydrogens (tertiary/aromatic N) is 10. The fourth-order valence-electron chi connectivity index (χ4n) is 25.9. The first-order valence-electron chi connectivity index (χ1n) is 53.7. The molecule has 0 unspecified atom stereocenters. The third-order valence-corrected chi connectivity index (χ3v) is 29.9. The van der Waals surface area contributed by atoms with Crippen LogP contribution in [0.25, 0.3) is 111 Å². The van der Waals surface area contributed by atoms with Crippen molar-refractivity contribution in [3.63, 3.8) is 0 Å². The molecule has 0 amide bonds. The van der Waals surface area contributed by atoms with Gasteiger partial charge in [-0.3, -0.25) is 0 Å². The summed E-state index contributed by atoms with van der Waals surface area (Å²) in [5.41, 5.74) is 44.7. The molecule has 0 spiro atoms. The zero-order chi connectivity index (χ0) is 103. The van der Waals surface area contributed by atoms with Crippen molar-refractivity contribution in [2.24, 2.45) is 28.6 Å². The number of nitrogens with one attached hydrogen (secondary N) is 5. The molecule has 15 nitrogen and oxygen atoms in total. The standard InChI is InChI=1S/C29H37N3.C27H39N3.C25H33N3.C24H33N3.C22H29N3/c1-17(2)32-25-8-6-7-24(26-19(4)9-18(3)10-20(26)5)27(25)30-28(32)31-29-14-21-11-22(15-29)13-23(12-21)16-29;1-17(2)30-22-13-11-12-21(23-19(4)14-18(3)15-20(23)5)24(22)28-25(30)29-27(9,10)16-26(6,7)8;1-16(2)28-22-13-9-12-21(23-18(4)14-17(3)15-19(23)5)24(22)27-25(28)26-20-10-7-6-8-11-20;1-15(2)27-20-11-9-10-19(21-17(4)12-16(3)13-18(21)5)22(20)26-23(27)25-14-24(6,7)8;1-13(2)23-22-24-21-18(9-8-10-19(21)25(22)14(3)4)20-16(6)11-15(5)12-17(20)7/h6-10,17,21-23H,11-16H2,1-5H3,(H,30,31);11-15,17H,16H2,1-10H3,(H,28,29);9,12-16,20H,6-8,10-11H2,1-5H3,(H,26,27);9-13,15H,14H2,1-8H3,(H,25,26);8-14H,1-7H3,(H,23,24). The van der Waals surface area contributed by atoms with Crippen LogP contribution in [0.5, 0.6) is 0 Å². The van der Waals surface area contributed by atoms with E-state index >= 15 is 0 Å². The number of imidazole rings is 5. The lowest BCUT2D eigenvalue weighted by Crippen LogP contribution is -2.55. The molecule has 5 heterocycles. The summed E-state index contributed by atoms with van der Waals surface area (Å²) in [6.07, 6.45) is 16.0. The first-order valence-corrected chi connectivity index (χ1v) is 53.7. The van der Waals surface area contributed by atoms with Gasteiger partial charge in [-0.1, -0.05) is 210 Å². The normalized spacial score (nSPS) is 16.6. The summed E-state index contributed by atoms with van der Waals surface area (Å²) < 4.78 is 11.8. The molecular formula is C127H171N15. The Morgan fingerprint density at radius 2 is 0.577 bits per heavy atom. The molecular weight excluding hydrogens is 1740 g/mol. The van der Waals surface area contributed by atoms with Crippen molar-refractivity contribution in [2.75, 3.05) is 33.1 Å². The number of hydrogen-bond acceptors (Lipinski definition) is 10. The summed E-state index contributed by atoms with van der Waals surface area (Å²) >= 11 is 0. The lowest BCUT2D eigenvalue weighted by atomic mass is 9.53. The predicted octanol–water partition coefficient (Wildman–Crippen LogP) is 35.1. The second kappa shape index (κ2) is 42.1. The first kappa shape index (κ1) is 105. The molecule has 0 radical (unpaired) electrons. The lowest BCUT2D eigenvalue weighted by molar-refractivity contribution is 0.0102. The van der Waals surface area contributed by atoms with E-state index in [1.54, 1.807) is 0 Å². The van der Waals surface area contributed by atoms with E-state index in [2.05, 4.69) is 443 Å². The second-order valence-electron chi connectivity index (χ2n) is 48.5. The van der Waals surface area contributed by atoms with Gasteiger partial charge in [-0.05, 0) is 401 Å². The van der Waals surface area contributed by atoms with Crippen LogP contribution in [0.1, 0.15) is 329 Å². The minimum Gasteiger partial charge on any atom is -0.355 e. The molecule has 5 N–H and O–H groups in total. The number of fused-ring (bicyclic) bond motifs is 5. The van der Waals surface area contributed by atoms with Gasteiger partial charge in [0.15, 0.2) is 0 Å². The molecule has 4 bridgehead atoms. The summed E-state index contributed by atoms with van der Waals surface area (Å²) in [5.74, 6) is 7.79. The van der Waals surface area contributed by atoms with E-state index in [1.165, 1.54) is 237 Å². The van der Waals surface area contributed by atoms with Crippen molar-refractivity contribution in [3.8, 4) is 55.6 Å². The molecule has 0 atom stereocenters. The Bertz CT molecular complexity index is 6940. The molecule has 5 fully saturated rings. The largest absolute Gasteiger partial charge is 0.355 e. The highest BCUT2D eigenvalue weighted by Crippen LogP contribution is 2.57. The second-order valence-corrected chi connectivity index (χ2v) is 48.5. The Morgan fingerprint density at radius 1 is 0.317 bits per heavy atom. The summed E-state index contributed by atoms with van der Waals surface area (Å²) in [7, 11) is 0. The molecule has 15 aromatic rings. The van der Waals surface area contributed by atoms with E-state index in [9.17, 15) is 0 Å². The Labute approximate surface area is 852 Å². The Balaban J connectivity index is 0.000000134. The maximum atomic E-state index is 5.34. The van der Waals surface area contributed by atoms with Crippen molar-refractivity contribution < 1.29 is 0 Å². The molecule has 0 aliphatic heterocycles. The average molecular weight is 1910 g/mol. The molecule has 20 rings (SSSR count). The third-order valence-electron chi connectivity index (χ3n) is 29.9. The van der Waals surface area contributed by atoms with Gasteiger partial charge < -0.3 is 49.4 Å². The number of para-hydroxylation sites is 5. The zero-order valence-corrected chi connectivity index (χ0v) is 93.4. The predicted molar refractivity (Wildman–Crippen MR) is 612 cm³/mol. The number of benzene rings is 10. The van der Waals surface area contributed by atoms with Crippen LogP contribution < -0.4 is 26.6 Å². The first-order chi connectivity index (χ1) is 66.9. The van der Waals surface area contributed by atoms with Gasteiger partial charge in [-0.15, -0.1) is 0 Å². The average Bonchev–Trinajstić information content (AvgIpc) is 1.63. The van der Waals surface area contributed by atoms with Crippen molar-refractivity contribution in [3.05, 3.63) is 235 Å². The SMILES string of the molecule is Cc1cc(C)c(-c2cccc3c2nc(NC(C)(C)CC(C)(C)C)n3C(C)C)c(C)c1.Cc1cc(C)c(-c2cccc3c2nc(NC(C)C)n3C(C)C)c(C)c1.Cc1cc(C)c(-c2cccc3c2nc(NC24CC5CC(CC(C5)C2)C4)n3C(C)C)c(C)c1.Cc1cc(C)c(-c2cccc3c2nc(NC2CCCCC2)n3C(C)C)c(C)c1.Cc1cc(C)c(-c2cccc3c2nc(NCC(C)(C)C)n3C(C)C)c(C)c1. The summed E-state index contributed by atoms with van der Waals surface area (Å²) in [5, 5.41) is 18.8. The van der Waals surface area contributed by atoms with Gasteiger partial charge >= 0.3 is 0 Å². The van der Waals surface area contributed by atoms with E-state index < -0.39 is 0 Å². The number of hydrogen-bond donors (Lipinski definition) is 5. The van der Waals surface area contributed by atoms with E-state index in [0.29, 0.717) is 42.3 Å². The minimum absolute atomic E-state index is 0.0535. The monoisotopic (exact) mass is 1910 g/mol. The third kappa shape index (κ3) is 22.7. The van der Waals surface area contributed by atoms with E-state index in [1.807, 2.05) is 0 Å². The van der Waals surface area contributed by atoms with Crippen LogP contribution in [0.15, 0.2) is 152 Å². The van der Waals surface area contributed by atoms with E-state index in [-0.39, 0.29) is 21.9 Å². The molecule has 15 heteroatoms. The highest BCUT2D eigenvalue weighted by atomic mass is 15.3. The fraction of sp³-hybridized carbons (Fsp3) is 0.488. The van der Waals surface area contributed by atoms with Crippen LogP contribution in [-0.4, -0.2) is 77.5 Å². The molecule has 142 heavy (non-hydrogen) atoms. The number of rotatable bonds is 21. The Hall–Kier alpha value is -11.5. The van der Waals surface area contributed by atoms with Gasteiger partial charge in [-0.25, -0.2) is 24.9 Å². The summed E-state index contributed by atoms with van der Waals surface area (Å²) in [6, 6.07) is 58.4. The van der Waals surface area contributed by atoms with E-state index in [4.69, 9.17) is 24.9 Å². The smallest absolute Gasteiger partial charge is 0.204 e. The maximum absolute atomic E-state index is 5.34. The van der Waals surface area contributed by atoms with Gasteiger partial charge in [0.05, 0.1) is 55.2 Å². The van der Waals surface area contributed by atoms with Crippen LogP contribution in [0.3, 0.4) is 0 Å². The Morgan fingerprint density at radius 3 is 0.866 bits per heavy atom. The number of anilines is 5. The maximum Gasteiger partial charge on any atom is 0.204 e. The number of aryl methyl sites for hydroxylation is 15. The fourth-order valence-corrected chi connectivity index (χ4v) is 25.9. The molecule has 5 aromatic heterocycles. The van der Waals surface area contributed by atoms with Crippen molar-refractivity contribution in [1.29, 1.82) is 0 Å². The van der Waals surface area contributed by atoms with Gasteiger partial charge in [0, 0.05) is 87.7 Å². The molecule has 5 aliphatic rings. The van der Waals surface area contributed by atoms with Crippen molar-refractivity contribution in [2.45, 2.75) is 373 Å². The topological polar surface area (TPSA) is 149 Å². The Kier molecular flexibility index (Phi) is 31.1. The highest BCUT2D eigenvalue weighted by molar-refractivity contribution is 6.00. The molecule has 5 saturated carbocycles. The van der Waals surface area contributed by atoms with Gasteiger partial charge in [0.1, 0.15) is 0 Å². The quantitative estimate of drug-likeness (QED) is 0.0471. The molecule has 754 valence electrons. The number of aromatic nitrogens is 10.